The molecule has 0 unspecified atom stereocenters. The highest BCUT2D eigenvalue weighted by molar-refractivity contribution is 5.87. The number of rotatable bonds is 1. The summed E-state index contributed by atoms with van der Waals surface area (Å²) >= 11 is 0. The maximum atomic E-state index is 12.5. The molecule has 0 radical (unpaired) electrons. The Balaban J connectivity index is 2.43. The summed E-state index contributed by atoms with van der Waals surface area (Å²) < 4.78 is 5.49. The molecule has 2 rings (SSSR count). The second kappa shape index (κ2) is 6.00. The van der Waals surface area contributed by atoms with E-state index in [1.807, 2.05) is 46.8 Å². The Morgan fingerprint density at radius 1 is 1.29 bits per heavy atom. The molecule has 1 aromatic rings. The van der Waals surface area contributed by atoms with Crippen molar-refractivity contribution in [3.05, 3.63) is 29.3 Å². The fourth-order valence-corrected chi connectivity index (χ4v) is 3.06. The number of ether oxygens (including phenoxy) is 1. The van der Waals surface area contributed by atoms with Gasteiger partial charge < -0.3 is 14.7 Å². The van der Waals surface area contributed by atoms with Crippen LogP contribution in [-0.2, 0) is 16.7 Å². The van der Waals surface area contributed by atoms with E-state index in [0.717, 1.165) is 11.1 Å². The fourth-order valence-electron chi connectivity index (χ4n) is 3.06. The molecule has 0 aliphatic carbocycles. The zero-order valence-corrected chi connectivity index (χ0v) is 15.2. The van der Waals surface area contributed by atoms with Crippen LogP contribution in [0.25, 0.3) is 0 Å². The van der Waals surface area contributed by atoms with Gasteiger partial charge in [0, 0.05) is 19.0 Å². The highest BCUT2D eigenvalue weighted by Crippen LogP contribution is 2.38. The quantitative estimate of drug-likeness (QED) is 0.847. The van der Waals surface area contributed by atoms with E-state index in [4.69, 9.17) is 4.74 Å². The van der Waals surface area contributed by atoms with E-state index in [-0.39, 0.29) is 11.5 Å². The van der Waals surface area contributed by atoms with Gasteiger partial charge in [-0.15, -0.1) is 0 Å². The summed E-state index contributed by atoms with van der Waals surface area (Å²) in [5.74, 6) is 0. The average Bonchev–Trinajstić information content (AvgIpc) is 2.43. The first kappa shape index (κ1) is 18.1. The number of hydrogen-bond acceptors (Lipinski definition) is 3. The number of amides is 2. The van der Waals surface area contributed by atoms with Gasteiger partial charge in [-0.2, -0.15) is 0 Å². The van der Waals surface area contributed by atoms with Crippen LogP contribution in [0, 0.1) is 0 Å². The standard InChI is InChI=1S/C18H26N2O4/c1-17(2,3)24-16(23)20-10-12-13(18(4,5)11-20)8-7-9-14(12)19(6)15(21)22/h7-9H,10-11H2,1-6H3,(H,21,22). The van der Waals surface area contributed by atoms with Gasteiger partial charge in [-0.1, -0.05) is 26.0 Å². The van der Waals surface area contributed by atoms with Gasteiger partial charge in [-0.25, -0.2) is 9.59 Å². The van der Waals surface area contributed by atoms with Gasteiger partial charge in [0.25, 0.3) is 0 Å². The second-order valence-corrected chi connectivity index (χ2v) is 7.87. The van der Waals surface area contributed by atoms with Crippen LogP contribution < -0.4 is 4.90 Å². The van der Waals surface area contributed by atoms with Crippen LogP contribution >= 0.6 is 0 Å². The molecule has 1 aliphatic heterocycles. The Labute approximate surface area is 143 Å². The molecule has 0 saturated carbocycles. The molecule has 1 heterocycles. The summed E-state index contributed by atoms with van der Waals surface area (Å²) in [4.78, 5) is 26.7. The molecule has 1 N–H and O–H groups in total. The number of hydrogen-bond donors (Lipinski definition) is 1. The minimum absolute atomic E-state index is 0.292. The van der Waals surface area contributed by atoms with E-state index in [2.05, 4.69) is 0 Å². The summed E-state index contributed by atoms with van der Waals surface area (Å²) in [6, 6.07) is 5.63. The lowest BCUT2D eigenvalue weighted by Gasteiger charge is -2.41. The van der Waals surface area contributed by atoms with Crippen LogP contribution in [0.1, 0.15) is 45.7 Å². The maximum Gasteiger partial charge on any atom is 0.411 e. The van der Waals surface area contributed by atoms with E-state index < -0.39 is 11.7 Å². The van der Waals surface area contributed by atoms with Crippen molar-refractivity contribution in [1.82, 2.24) is 4.90 Å². The van der Waals surface area contributed by atoms with Crippen LogP contribution in [0.2, 0.25) is 0 Å². The lowest BCUT2D eigenvalue weighted by Crippen LogP contribution is -2.47. The summed E-state index contributed by atoms with van der Waals surface area (Å²) in [6.07, 6.45) is -1.41. The van der Waals surface area contributed by atoms with E-state index in [1.54, 1.807) is 11.0 Å². The highest BCUT2D eigenvalue weighted by Gasteiger charge is 2.37. The summed E-state index contributed by atoms with van der Waals surface area (Å²) in [6.45, 7) is 10.4. The lowest BCUT2D eigenvalue weighted by atomic mass is 9.78. The zero-order chi connectivity index (χ0) is 18.3. The van der Waals surface area contributed by atoms with Crippen LogP contribution in [0.5, 0.6) is 0 Å². The smallest absolute Gasteiger partial charge is 0.411 e. The van der Waals surface area contributed by atoms with Gasteiger partial charge in [0.2, 0.25) is 0 Å². The van der Waals surface area contributed by atoms with Crippen molar-refractivity contribution in [2.75, 3.05) is 18.5 Å². The molecule has 0 aromatic heterocycles. The number of carbonyl (C=O) groups is 2. The van der Waals surface area contributed by atoms with Gasteiger partial charge in [0.15, 0.2) is 0 Å². The first-order valence-electron chi connectivity index (χ1n) is 7.99. The Hall–Kier alpha value is -2.24. The average molecular weight is 334 g/mol. The van der Waals surface area contributed by atoms with Crippen molar-refractivity contribution in [3.63, 3.8) is 0 Å². The zero-order valence-electron chi connectivity index (χ0n) is 15.2. The molecular weight excluding hydrogens is 308 g/mol. The monoisotopic (exact) mass is 334 g/mol. The number of carboxylic acid groups (broad SMARTS) is 1. The van der Waals surface area contributed by atoms with Crippen molar-refractivity contribution in [2.45, 2.75) is 52.2 Å². The van der Waals surface area contributed by atoms with Crippen molar-refractivity contribution in [2.24, 2.45) is 0 Å². The first-order chi connectivity index (χ1) is 10.9. The number of nitrogens with zero attached hydrogens (tertiary/aromatic N) is 2. The number of fused-ring (bicyclic) bond motifs is 1. The van der Waals surface area contributed by atoms with Crippen LogP contribution in [0.4, 0.5) is 15.3 Å². The Kier molecular flexibility index (Phi) is 4.52. The van der Waals surface area contributed by atoms with Crippen molar-refractivity contribution in [3.8, 4) is 0 Å². The fraction of sp³-hybridized carbons (Fsp3) is 0.556. The van der Waals surface area contributed by atoms with Crippen molar-refractivity contribution in [1.29, 1.82) is 0 Å². The van der Waals surface area contributed by atoms with Crippen LogP contribution in [-0.4, -0.2) is 41.4 Å². The van der Waals surface area contributed by atoms with Gasteiger partial charge in [0.05, 0.1) is 12.2 Å². The molecular formula is C18H26N2O4. The van der Waals surface area contributed by atoms with Crippen LogP contribution in [0.15, 0.2) is 18.2 Å². The topological polar surface area (TPSA) is 70.1 Å². The molecule has 0 fully saturated rings. The Morgan fingerprint density at radius 2 is 1.92 bits per heavy atom. The van der Waals surface area contributed by atoms with Gasteiger partial charge >= 0.3 is 12.2 Å². The van der Waals surface area contributed by atoms with Crippen LogP contribution in [0.3, 0.4) is 0 Å². The van der Waals surface area contributed by atoms with E-state index in [0.29, 0.717) is 18.8 Å². The number of benzene rings is 1. The molecule has 6 heteroatoms. The number of carbonyl (C=O) groups excluding carboxylic acids is 1. The molecule has 24 heavy (non-hydrogen) atoms. The Morgan fingerprint density at radius 3 is 2.46 bits per heavy atom. The molecule has 0 atom stereocenters. The Bertz CT molecular complexity index is 661. The predicted molar refractivity (Wildman–Crippen MR) is 92.5 cm³/mol. The second-order valence-electron chi connectivity index (χ2n) is 7.87. The van der Waals surface area contributed by atoms with E-state index >= 15 is 0 Å². The van der Waals surface area contributed by atoms with Crippen molar-refractivity contribution >= 4 is 17.9 Å². The van der Waals surface area contributed by atoms with Gasteiger partial charge in [-0.05, 0) is 38.0 Å². The third kappa shape index (κ3) is 3.63. The first-order valence-corrected chi connectivity index (χ1v) is 7.99. The molecule has 0 bridgehead atoms. The molecule has 132 valence electrons. The third-order valence-electron chi connectivity index (χ3n) is 4.12. The summed E-state index contributed by atoms with van der Waals surface area (Å²) in [5, 5.41) is 9.32. The van der Waals surface area contributed by atoms with E-state index in [9.17, 15) is 14.7 Å². The molecule has 0 saturated heterocycles. The molecule has 2 amide bonds. The minimum Gasteiger partial charge on any atom is -0.465 e. The SMILES string of the molecule is CN(C(=O)O)c1cccc2c1CN(C(=O)OC(C)(C)C)CC2(C)C. The third-order valence-corrected chi connectivity index (χ3v) is 4.12. The molecule has 1 aromatic carbocycles. The summed E-state index contributed by atoms with van der Waals surface area (Å²) in [7, 11) is 1.51. The predicted octanol–water partition coefficient (Wildman–Crippen LogP) is 3.83. The maximum absolute atomic E-state index is 12.5. The van der Waals surface area contributed by atoms with Crippen molar-refractivity contribution < 1.29 is 19.4 Å². The highest BCUT2D eigenvalue weighted by atomic mass is 16.6. The summed E-state index contributed by atoms with van der Waals surface area (Å²) in [5.41, 5.74) is 1.65. The lowest BCUT2D eigenvalue weighted by molar-refractivity contribution is 0.0174. The van der Waals surface area contributed by atoms with Gasteiger partial charge in [-0.3, -0.25) is 4.90 Å². The largest absolute Gasteiger partial charge is 0.465 e. The van der Waals surface area contributed by atoms with E-state index in [1.165, 1.54) is 11.9 Å². The molecule has 0 spiro atoms. The number of anilines is 1. The normalized spacial score (nSPS) is 16.3. The molecule has 1 aliphatic rings. The minimum atomic E-state index is -1.03. The van der Waals surface area contributed by atoms with Gasteiger partial charge in [0.1, 0.15) is 5.60 Å². The molecule has 6 nitrogen and oxygen atoms in total.